The van der Waals surface area contributed by atoms with Gasteiger partial charge >= 0.3 is 6.36 Å². The first-order chi connectivity index (χ1) is 14.2. The van der Waals surface area contributed by atoms with Crippen molar-refractivity contribution >= 4 is 16.6 Å². The van der Waals surface area contributed by atoms with E-state index in [4.69, 9.17) is 13.6 Å². The first-order valence-electron chi connectivity index (χ1n) is 11.0. The summed E-state index contributed by atoms with van der Waals surface area (Å²) in [6.07, 6.45) is -4.53. The predicted octanol–water partition coefficient (Wildman–Crippen LogP) is 7.77. The van der Waals surface area contributed by atoms with Crippen LogP contribution < -0.4 is 9.47 Å². The molecule has 0 aliphatic rings. The highest BCUT2D eigenvalue weighted by atomic mass is 28.4. The summed E-state index contributed by atoms with van der Waals surface area (Å²) >= 11 is 0. The summed E-state index contributed by atoms with van der Waals surface area (Å²) in [7, 11) is -3.94. The molecule has 1 atom stereocenters. The van der Waals surface area contributed by atoms with Crippen LogP contribution >= 0.6 is 0 Å². The fourth-order valence-electron chi connectivity index (χ4n) is 2.29. The van der Waals surface area contributed by atoms with Gasteiger partial charge in [-0.15, -0.1) is 13.2 Å². The minimum Gasteiger partial charge on any atom is -0.488 e. The van der Waals surface area contributed by atoms with E-state index in [1.807, 2.05) is 0 Å². The zero-order valence-electron chi connectivity index (χ0n) is 21.3. The lowest BCUT2D eigenvalue weighted by Gasteiger charge is -2.38. The van der Waals surface area contributed by atoms with Crippen LogP contribution in [0.5, 0.6) is 11.5 Å². The van der Waals surface area contributed by atoms with E-state index in [-0.39, 0.29) is 21.9 Å². The van der Waals surface area contributed by atoms with Gasteiger partial charge in [0.15, 0.2) is 16.6 Å². The second-order valence-corrected chi connectivity index (χ2v) is 20.8. The highest BCUT2D eigenvalue weighted by Gasteiger charge is 2.39. The average Bonchev–Trinajstić information content (AvgIpc) is 2.56. The largest absolute Gasteiger partial charge is 0.573 e. The molecule has 0 aliphatic heterocycles. The summed E-state index contributed by atoms with van der Waals surface area (Å²) in [5.74, 6) is -0.000467. The van der Waals surface area contributed by atoms with Gasteiger partial charge in [-0.2, -0.15) is 0 Å². The Hall–Kier alpha value is -1.04. The molecule has 1 aromatic carbocycles. The molecule has 0 radical (unpaired) electrons. The molecular formula is C23H41F3O4Si2. The van der Waals surface area contributed by atoms with Gasteiger partial charge in [0.05, 0.1) is 6.61 Å². The first-order valence-corrected chi connectivity index (χ1v) is 16.9. The Bertz CT molecular complexity index is 723. The molecule has 0 aromatic heterocycles. The van der Waals surface area contributed by atoms with E-state index in [0.717, 1.165) is 0 Å². The number of alkyl halides is 3. The van der Waals surface area contributed by atoms with E-state index in [1.54, 1.807) is 6.07 Å². The zero-order chi connectivity index (χ0) is 25.0. The molecule has 0 spiro atoms. The fourth-order valence-corrected chi connectivity index (χ4v) is 4.39. The highest BCUT2D eigenvalue weighted by molar-refractivity contribution is 6.74. The Kier molecular flexibility index (Phi) is 9.50. The molecule has 0 N–H and O–H groups in total. The van der Waals surface area contributed by atoms with Crippen molar-refractivity contribution in [2.45, 2.75) is 96.7 Å². The maximum Gasteiger partial charge on any atom is 0.573 e. The summed E-state index contributed by atoms with van der Waals surface area (Å²) in [5.41, 5.74) is 0. The molecule has 0 heterocycles. The molecule has 1 aromatic rings. The van der Waals surface area contributed by atoms with Crippen molar-refractivity contribution in [2.24, 2.45) is 0 Å². The summed E-state index contributed by atoms with van der Waals surface area (Å²) in [6.45, 7) is 22.6. The van der Waals surface area contributed by atoms with Crippen LogP contribution in [-0.4, -0.2) is 42.3 Å². The van der Waals surface area contributed by atoms with Gasteiger partial charge in [-0.1, -0.05) is 47.6 Å². The molecule has 0 saturated carbocycles. The summed E-state index contributed by atoms with van der Waals surface area (Å²) in [5, 5.41) is 0.125. The quantitative estimate of drug-likeness (QED) is 0.311. The Morgan fingerprint density at radius 2 is 1.31 bits per heavy atom. The third kappa shape index (κ3) is 9.45. The molecule has 32 heavy (non-hydrogen) atoms. The number of halogens is 3. The van der Waals surface area contributed by atoms with Gasteiger partial charge in [-0.25, -0.2) is 0 Å². The van der Waals surface area contributed by atoms with Gasteiger partial charge in [-0.3, -0.25) is 0 Å². The van der Waals surface area contributed by atoms with Gasteiger partial charge in [0.2, 0.25) is 0 Å². The molecule has 186 valence electrons. The molecule has 9 heteroatoms. The van der Waals surface area contributed by atoms with Crippen LogP contribution in [0.15, 0.2) is 24.3 Å². The summed E-state index contributed by atoms with van der Waals surface area (Å²) < 4.78 is 60.5. The molecule has 0 fully saturated rings. The molecule has 0 unspecified atom stereocenters. The van der Waals surface area contributed by atoms with Crippen LogP contribution in [0, 0.1) is 0 Å². The molecule has 1 rings (SSSR count). The van der Waals surface area contributed by atoms with Crippen LogP contribution in [0.25, 0.3) is 0 Å². The van der Waals surface area contributed by atoms with Crippen molar-refractivity contribution in [1.29, 1.82) is 0 Å². The van der Waals surface area contributed by atoms with Crippen molar-refractivity contribution in [1.82, 2.24) is 0 Å². The summed E-state index contributed by atoms with van der Waals surface area (Å²) in [6, 6.07) is 5.61. The zero-order valence-corrected chi connectivity index (χ0v) is 23.3. The second-order valence-electron chi connectivity index (χ2n) is 11.2. The molecule has 4 nitrogen and oxygen atoms in total. The van der Waals surface area contributed by atoms with E-state index in [1.165, 1.54) is 18.2 Å². The van der Waals surface area contributed by atoms with Gasteiger partial charge in [0, 0.05) is 19.1 Å². The number of ether oxygens (including phenoxy) is 2. The molecule has 0 saturated heterocycles. The van der Waals surface area contributed by atoms with Gasteiger partial charge < -0.3 is 18.3 Å². The average molecular weight is 495 g/mol. The van der Waals surface area contributed by atoms with Crippen LogP contribution in [-0.2, 0) is 8.85 Å². The van der Waals surface area contributed by atoms with Crippen molar-refractivity contribution in [2.75, 3.05) is 13.2 Å². The minimum absolute atomic E-state index is 0.0374. The second kappa shape index (κ2) is 10.5. The van der Waals surface area contributed by atoms with Crippen LogP contribution in [0.2, 0.25) is 36.3 Å². The van der Waals surface area contributed by atoms with E-state index >= 15 is 0 Å². The number of hydrogen-bond acceptors (Lipinski definition) is 4. The predicted molar refractivity (Wildman–Crippen MR) is 128 cm³/mol. The van der Waals surface area contributed by atoms with Gasteiger partial charge in [0.25, 0.3) is 0 Å². The Morgan fingerprint density at radius 1 is 0.812 bits per heavy atom. The standard InChI is InChI=1S/C23H41F3O4Si2/c1-21(2,3)31(7,8)27-15-14-20(17-28-32(9,10)22(4,5)6)29-18-12-11-13-19(16-18)30-23(24,25)26/h11-13,16,20H,14-15,17H2,1-10H3/t20-/m1/s1. The molecule has 0 amide bonds. The Morgan fingerprint density at radius 3 is 1.81 bits per heavy atom. The maximum atomic E-state index is 12.6. The Balaban J connectivity index is 2.94. The van der Waals surface area contributed by atoms with Crippen molar-refractivity contribution in [3.63, 3.8) is 0 Å². The lowest BCUT2D eigenvalue weighted by atomic mass is 10.2. The SMILES string of the molecule is CC(C)(C)[Si](C)(C)OCC[C@H](CO[Si](C)(C)C(C)(C)C)Oc1cccc(OC(F)(F)F)c1. The lowest BCUT2D eigenvalue weighted by Crippen LogP contribution is -2.44. The number of hydrogen-bond donors (Lipinski definition) is 0. The van der Waals surface area contributed by atoms with E-state index in [0.29, 0.717) is 25.4 Å². The minimum atomic E-state index is -4.75. The van der Waals surface area contributed by atoms with Crippen LogP contribution in [0.4, 0.5) is 13.2 Å². The first kappa shape index (κ1) is 29.0. The third-order valence-corrected chi connectivity index (χ3v) is 15.5. The molecule has 0 aliphatic carbocycles. The molecule has 0 bridgehead atoms. The van der Waals surface area contributed by atoms with Gasteiger partial charge in [0.1, 0.15) is 17.6 Å². The van der Waals surface area contributed by atoms with Crippen molar-refractivity contribution in [3.05, 3.63) is 24.3 Å². The fraction of sp³-hybridized carbons (Fsp3) is 0.739. The lowest BCUT2D eigenvalue weighted by molar-refractivity contribution is -0.274. The number of rotatable bonds is 10. The van der Waals surface area contributed by atoms with E-state index in [9.17, 15) is 13.2 Å². The normalized spacial score (nSPS) is 14.9. The summed E-state index contributed by atoms with van der Waals surface area (Å²) in [4.78, 5) is 0. The maximum absolute atomic E-state index is 12.6. The van der Waals surface area contributed by atoms with E-state index < -0.39 is 23.0 Å². The smallest absolute Gasteiger partial charge is 0.488 e. The monoisotopic (exact) mass is 494 g/mol. The Labute approximate surface area is 194 Å². The van der Waals surface area contributed by atoms with Gasteiger partial charge in [-0.05, 0) is 48.4 Å². The van der Waals surface area contributed by atoms with Crippen LogP contribution in [0.1, 0.15) is 48.0 Å². The number of benzene rings is 1. The van der Waals surface area contributed by atoms with E-state index in [2.05, 4.69) is 72.5 Å². The topological polar surface area (TPSA) is 36.9 Å². The third-order valence-electron chi connectivity index (χ3n) is 6.49. The molecular weight excluding hydrogens is 453 g/mol. The van der Waals surface area contributed by atoms with Crippen LogP contribution in [0.3, 0.4) is 0 Å². The van der Waals surface area contributed by atoms with Crippen molar-refractivity contribution in [3.8, 4) is 11.5 Å². The highest BCUT2D eigenvalue weighted by Crippen LogP contribution is 2.38. The van der Waals surface area contributed by atoms with Crippen molar-refractivity contribution < 1.29 is 31.5 Å².